The van der Waals surface area contributed by atoms with Crippen LogP contribution in [0, 0.1) is 11.8 Å². The summed E-state index contributed by atoms with van der Waals surface area (Å²) in [6.07, 6.45) is 5.45. The first-order chi connectivity index (χ1) is 9.70. The third-order valence-corrected chi connectivity index (χ3v) is 4.80. The molecule has 0 spiro atoms. The summed E-state index contributed by atoms with van der Waals surface area (Å²) >= 11 is 0. The summed E-state index contributed by atoms with van der Waals surface area (Å²) in [5.74, 6) is 1.53. The Kier molecular flexibility index (Phi) is 6.06. The molecule has 0 saturated heterocycles. The van der Waals surface area contributed by atoms with Gasteiger partial charge in [0.05, 0.1) is 0 Å². The van der Waals surface area contributed by atoms with Crippen molar-refractivity contribution < 1.29 is 0 Å². The van der Waals surface area contributed by atoms with E-state index in [1.54, 1.807) is 0 Å². The summed E-state index contributed by atoms with van der Waals surface area (Å²) in [5, 5.41) is 0. The molecule has 20 heavy (non-hydrogen) atoms. The van der Waals surface area contributed by atoms with Crippen LogP contribution in [0.2, 0.25) is 0 Å². The van der Waals surface area contributed by atoms with Crippen LogP contribution in [0.3, 0.4) is 0 Å². The van der Waals surface area contributed by atoms with Gasteiger partial charge in [0, 0.05) is 19.1 Å². The van der Waals surface area contributed by atoms with Gasteiger partial charge in [0.25, 0.3) is 0 Å². The monoisotopic (exact) mass is 274 g/mol. The largest absolute Gasteiger partial charge is 0.330 e. The lowest BCUT2D eigenvalue weighted by Crippen LogP contribution is -2.40. The highest BCUT2D eigenvalue weighted by atomic mass is 15.1. The fraction of sp³-hybridized carbons (Fsp3) is 0.667. The Morgan fingerprint density at radius 1 is 1.10 bits per heavy atom. The Morgan fingerprint density at radius 3 is 2.35 bits per heavy atom. The lowest BCUT2D eigenvalue weighted by atomic mass is 9.79. The number of nitrogens with two attached hydrogens (primary N) is 1. The molecule has 2 nitrogen and oxygen atoms in total. The van der Waals surface area contributed by atoms with Gasteiger partial charge in [0.15, 0.2) is 0 Å². The van der Waals surface area contributed by atoms with Gasteiger partial charge in [-0.1, -0.05) is 43.2 Å². The van der Waals surface area contributed by atoms with E-state index in [0.717, 1.165) is 24.9 Å². The summed E-state index contributed by atoms with van der Waals surface area (Å²) in [7, 11) is 0. The van der Waals surface area contributed by atoms with E-state index >= 15 is 0 Å². The Hall–Kier alpha value is -0.860. The smallest absolute Gasteiger partial charge is 0.0236 e. The molecule has 0 radical (unpaired) electrons. The fourth-order valence-corrected chi connectivity index (χ4v) is 3.41. The molecule has 1 fully saturated rings. The Bertz CT molecular complexity index is 374. The lowest BCUT2D eigenvalue weighted by Gasteiger charge is -2.37. The number of hydrogen-bond donors (Lipinski definition) is 1. The van der Waals surface area contributed by atoms with Crippen molar-refractivity contribution in [2.75, 3.05) is 13.1 Å². The minimum absolute atomic E-state index is 0.593. The Balaban J connectivity index is 1.98. The maximum atomic E-state index is 5.98. The van der Waals surface area contributed by atoms with Crippen molar-refractivity contribution in [3.63, 3.8) is 0 Å². The second kappa shape index (κ2) is 7.80. The van der Waals surface area contributed by atoms with Crippen LogP contribution in [-0.4, -0.2) is 24.0 Å². The van der Waals surface area contributed by atoms with Gasteiger partial charge in [0.2, 0.25) is 0 Å². The van der Waals surface area contributed by atoms with Crippen LogP contribution in [-0.2, 0) is 6.54 Å². The standard InChI is InChI=1S/C18H30N2/c1-15(2)20(13-16-8-4-3-5-9-16)14-18-11-7-6-10-17(18)12-19/h3-5,8-9,15,17-18H,6-7,10-14,19H2,1-2H3. The summed E-state index contributed by atoms with van der Waals surface area (Å²) in [5.41, 5.74) is 7.40. The molecule has 2 unspecified atom stereocenters. The molecule has 0 amide bonds. The van der Waals surface area contributed by atoms with Gasteiger partial charge in [-0.15, -0.1) is 0 Å². The maximum Gasteiger partial charge on any atom is 0.0236 e. The second-order valence-electron chi connectivity index (χ2n) is 6.55. The van der Waals surface area contributed by atoms with Crippen LogP contribution in [0.5, 0.6) is 0 Å². The first kappa shape index (κ1) is 15.5. The minimum atomic E-state index is 0.593. The SMILES string of the molecule is CC(C)N(Cc1ccccc1)CC1CCCCC1CN. The van der Waals surface area contributed by atoms with E-state index in [0.29, 0.717) is 6.04 Å². The molecule has 1 aromatic rings. The minimum Gasteiger partial charge on any atom is -0.330 e. The Labute approximate surface area is 124 Å². The van der Waals surface area contributed by atoms with Crippen molar-refractivity contribution in [2.45, 2.75) is 52.1 Å². The maximum absolute atomic E-state index is 5.98. The van der Waals surface area contributed by atoms with Gasteiger partial charge >= 0.3 is 0 Å². The van der Waals surface area contributed by atoms with E-state index in [9.17, 15) is 0 Å². The van der Waals surface area contributed by atoms with E-state index in [1.165, 1.54) is 37.8 Å². The van der Waals surface area contributed by atoms with Crippen molar-refractivity contribution >= 4 is 0 Å². The average Bonchev–Trinajstić information content (AvgIpc) is 2.48. The van der Waals surface area contributed by atoms with Crippen molar-refractivity contribution in [3.05, 3.63) is 35.9 Å². The van der Waals surface area contributed by atoms with Gasteiger partial charge in [-0.05, 0) is 50.6 Å². The number of benzene rings is 1. The van der Waals surface area contributed by atoms with Crippen LogP contribution in [0.4, 0.5) is 0 Å². The second-order valence-corrected chi connectivity index (χ2v) is 6.55. The quantitative estimate of drug-likeness (QED) is 0.857. The first-order valence-electron chi connectivity index (χ1n) is 8.18. The number of rotatable bonds is 6. The van der Waals surface area contributed by atoms with E-state index in [1.807, 2.05) is 0 Å². The van der Waals surface area contributed by atoms with Crippen molar-refractivity contribution in [1.29, 1.82) is 0 Å². The zero-order chi connectivity index (χ0) is 14.4. The van der Waals surface area contributed by atoms with Gasteiger partial charge in [0.1, 0.15) is 0 Å². The van der Waals surface area contributed by atoms with Gasteiger partial charge in [-0.2, -0.15) is 0 Å². The molecule has 0 aromatic heterocycles. The van der Waals surface area contributed by atoms with E-state index in [4.69, 9.17) is 5.73 Å². The average molecular weight is 274 g/mol. The fourth-order valence-electron chi connectivity index (χ4n) is 3.41. The van der Waals surface area contributed by atoms with Gasteiger partial charge in [-0.3, -0.25) is 4.90 Å². The topological polar surface area (TPSA) is 29.3 Å². The number of nitrogens with zero attached hydrogens (tertiary/aromatic N) is 1. The molecule has 2 rings (SSSR count). The summed E-state index contributed by atoms with van der Waals surface area (Å²) < 4.78 is 0. The zero-order valence-corrected chi connectivity index (χ0v) is 13.1. The van der Waals surface area contributed by atoms with Crippen LogP contribution in [0.1, 0.15) is 45.1 Å². The third kappa shape index (κ3) is 4.32. The number of hydrogen-bond acceptors (Lipinski definition) is 2. The van der Waals surface area contributed by atoms with E-state index in [2.05, 4.69) is 49.1 Å². The van der Waals surface area contributed by atoms with E-state index < -0.39 is 0 Å². The molecule has 0 heterocycles. The van der Waals surface area contributed by atoms with Crippen LogP contribution < -0.4 is 5.73 Å². The van der Waals surface area contributed by atoms with Crippen LogP contribution in [0.15, 0.2) is 30.3 Å². The lowest BCUT2D eigenvalue weighted by molar-refractivity contribution is 0.124. The molecular weight excluding hydrogens is 244 g/mol. The van der Waals surface area contributed by atoms with E-state index in [-0.39, 0.29) is 0 Å². The molecule has 0 aliphatic heterocycles. The van der Waals surface area contributed by atoms with Crippen molar-refractivity contribution in [3.8, 4) is 0 Å². The Morgan fingerprint density at radius 2 is 1.75 bits per heavy atom. The molecular formula is C18H30N2. The van der Waals surface area contributed by atoms with Crippen LogP contribution >= 0.6 is 0 Å². The van der Waals surface area contributed by atoms with Crippen molar-refractivity contribution in [2.24, 2.45) is 17.6 Å². The molecule has 112 valence electrons. The highest BCUT2D eigenvalue weighted by molar-refractivity contribution is 5.14. The summed E-state index contributed by atoms with van der Waals surface area (Å²) in [4.78, 5) is 2.62. The zero-order valence-electron chi connectivity index (χ0n) is 13.1. The first-order valence-corrected chi connectivity index (χ1v) is 8.18. The summed E-state index contributed by atoms with van der Waals surface area (Å²) in [6, 6.07) is 11.4. The normalized spacial score (nSPS) is 23.4. The summed E-state index contributed by atoms with van der Waals surface area (Å²) in [6.45, 7) is 7.75. The molecule has 1 aromatic carbocycles. The van der Waals surface area contributed by atoms with Crippen LogP contribution in [0.25, 0.3) is 0 Å². The molecule has 1 aliphatic rings. The third-order valence-electron chi connectivity index (χ3n) is 4.80. The predicted octanol–water partition coefficient (Wildman–Crippen LogP) is 3.66. The molecule has 1 aliphatic carbocycles. The van der Waals surface area contributed by atoms with Gasteiger partial charge in [-0.25, -0.2) is 0 Å². The van der Waals surface area contributed by atoms with Gasteiger partial charge < -0.3 is 5.73 Å². The molecule has 2 N–H and O–H groups in total. The highest BCUT2D eigenvalue weighted by Crippen LogP contribution is 2.30. The molecule has 0 bridgehead atoms. The molecule has 2 atom stereocenters. The highest BCUT2D eigenvalue weighted by Gasteiger charge is 2.26. The molecule has 1 saturated carbocycles. The predicted molar refractivity (Wildman–Crippen MR) is 86.5 cm³/mol. The molecule has 2 heteroatoms. The van der Waals surface area contributed by atoms with Crippen molar-refractivity contribution in [1.82, 2.24) is 4.90 Å².